The average molecular weight is 449 g/mol. The van der Waals surface area contributed by atoms with Gasteiger partial charge in [-0.2, -0.15) is 5.26 Å². The number of hydrogen-bond donors (Lipinski definition) is 2. The Hall–Kier alpha value is -3.43. The van der Waals surface area contributed by atoms with Crippen molar-refractivity contribution in [3.8, 4) is 23.3 Å². The zero-order chi connectivity index (χ0) is 20.4. The lowest BCUT2D eigenvalue weighted by molar-refractivity contribution is 0.301. The summed E-state index contributed by atoms with van der Waals surface area (Å²) in [5.41, 5.74) is 8.88. The second-order valence-corrected chi connectivity index (χ2v) is 7.52. The third-order valence-corrected chi connectivity index (χ3v) is 5.22. The minimum absolute atomic E-state index is 0.0181. The van der Waals surface area contributed by atoms with Crippen LogP contribution in [0.4, 0.5) is 0 Å². The van der Waals surface area contributed by atoms with Crippen LogP contribution in [0.3, 0.4) is 0 Å². The van der Waals surface area contributed by atoms with Crippen LogP contribution < -0.4 is 15.2 Å². The van der Waals surface area contributed by atoms with E-state index < -0.39 is 5.92 Å². The molecule has 5 nitrogen and oxygen atoms in total. The molecular weight excluding hydrogens is 432 g/mol. The summed E-state index contributed by atoms with van der Waals surface area (Å²) in [5, 5.41) is 19.6. The van der Waals surface area contributed by atoms with Crippen LogP contribution in [-0.4, -0.2) is 5.11 Å². The number of nitrogens with two attached hydrogens (primary N) is 1. The Morgan fingerprint density at radius 2 is 1.86 bits per heavy atom. The predicted molar refractivity (Wildman–Crippen MR) is 112 cm³/mol. The SMILES string of the molecule is N#CC1=C(N)Oc2cc(O)ccc2[C@H]1c1cc(Br)ccc1OCc1ccccc1. The molecule has 1 aliphatic heterocycles. The molecule has 3 aromatic carbocycles. The van der Waals surface area contributed by atoms with Gasteiger partial charge in [-0.1, -0.05) is 52.3 Å². The van der Waals surface area contributed by atoms with Gasteiger partial charge in [-0.25, -0.2) is 0 Å². The normalized spacial score (nSPS) is 15.2. The Morgan fingerprint density at radius 1 is 1.07 bits per heavy atom. The molecule has 4 rings (SSSR count). The Morgan fingerprint density at radius 3 is 2.62 bits per heavy atom. The minimum Gasteiger partial charge on any atom is -0.508 e. The van der Waals surface area contributed by atoms with E-state index in [0.717, 1.165) is 21.2 Å². The van der Waals surface area contributed by atoms with Crippen molar-refractivity contribution in [3.05, 3.63) is 99.3 Å². The van der Waals surface area contributed by atoms with Crippen LogP contribution >= 0.6 is 15.9 Å². The summed E-state index contributed by atoms with van der Waals surface area (Å²) in [4.78, 5) is 0. The third-order valence-electron chi connectivity index (χ3n) is 4.72. The van der Waals surface area contributed by atoms with Crippen molar-refractivity contribution < 1.29 is 14.6 Å². The third kappa shape index (κ3) is 3.78. The van der Waals surface area contributed by atoms with Crippen molar-refractivity contribution >= 4 is 15.9 Å². The molecule has 3 aromatic rings. The van der Waals surface area contributed by atoms with E-state index >= 15 is 0 Å². The molecule has 144 valence electrons. The highest BCUT2D eigenvalue weighted by Crippen LogP contribution is 2.46. The molecule has 0 unspecified atom stereocenters. The topological polar surface area (TPSA) is 88.5 Å². The van der Waals surface area contributed by atoms with Crippen molar-refractivity contribution in [2.45, 2.75) is 12.5 Å². The molecule has 1 heterocycles. The first kappa shape index (κ1) is 18.9. The van der Waals surface area contributed by atoms with Crippen LogP contribution in [0.25, 0.3) is 0 Å². The van der Waals surface area contributed by atoms with E-state index in [1.54, 1.807) is 12.1 Å². The van der Waals surface area contributed by atoms with Crippen LogP contribution in [0.5, 0.6) is 17.2 Å². The Labute approximate surface area is 176 Å². The lowest BCUT2D eigenvalue weighted by Crippen LogP contribution is -2.21. The standard InChI is InChI=1S/C23H17BrN2O3/c24-15-6-9-20(28-13-14-4-2-1-3-5-14)18(10-15)22-17-8-7-16(27)11-21(17)29-23(26)19(22)12-25/h1-11,22,27H,13,26H2/t22-/m0/s1. The van der Waals surface area contributed by atoms with E-state index in [2.05, 4.69) is 22.0 Å². The highest BCUT2D eigenvalue weighted by Gasteiger charge is 2.33. The van der Waals surface area contributed by atoms with Crippen LogP contribution in [0.1, 0.15) is 22.6 Å². The number of phenols is 1. The number of ether oxygens (including phenoxy) is 2. The lowest BCUT2D eigenvalue weighted by Gasteiger charge is -2.28. The number of benzene rings is 3. The fourth-order valence-corrected chi connectivity index (χ4v) is 3.75. The zero-order valence-corrected chi connectivity index (χ0v) is 16.9. The number of halogens is 1. The second kappa shape index (κ2) is 7.90. The van der Waals surface area contributed by atoms with Crippen molar-refractivity contribution in [2.24, 2.45) is 5.73 Å². The van der Waals surface area contributed by atoms with E-state index in [1.807, 2.05) is 48.5 Å². The Bertz CT molecular complexity index is 1140. The van der Waals surface area contributed by atoms with Gasteiger partial charge in [0.2, 0.25) is 5.88 Å². The summed E-state index contributed by atoms with van der Waals surface area (Å²) >= 11 is 3.51. The van der Waals surface area contributed by atoms with E-state index in [0.29, 0.717) is 23.7 Å². The number of hydrogen-bond acceptors (Lipinski definition) is 5. The maximum atomic E-state index is 9.83. The van der Waals surface area contributed by atoms with Gasteiger partial charge in [0.25, 0.3) is 0 Å². The maximum absolute atomic E-state index is 9.83. The molecule has 0 radical (unpaired) electrons. The van der Waals surface area contributed by atoms with Crippen LogP contribution in [-0.2, 0) is 6.61 Å². The van der Waals surface area contributed by atoms with Crippen LogP contribution in [0, 0.1) is 11.3 Å². The molecule has 0 fully saturated rings. The summed E-state index contributed by atoms with van der Waals surface area (Å²) in [6, 6.07) is 22.5. The first-order valence-corrected chi connectivity index (χ1v) is 9.73. The number of nitrogens with zero attached hydrogens (tertiary/aromatic N) is 1. The second-order valence-electron chi connectivity index (χ2n) is 6.60. The highest BCUT2D eigenvalue weighted by atomic mass is 79.9. The van der Waals surface area contributed by atoms with Gasteiger partial charge in [0.15, 0.2) is 0 Å². The molecule has 0 bridgehead atoms. The van der Waals surface area contributed by atoms with Gasteiger partial charge in [-0.15, -0.1) is 0 Å². The van der Waals surface area contributed by atoms with Crippen LogP contribution in [0.15, 0.2) is 82.7 Å². The number of aromatic hydroxyl groups is 1. The number of fused-ring (bicyclic) bond motifs is 1. The summed E-state index contributed by atoms with van der Waals surface area (Å²) in [6.07, 6.45) is 0. The summed E-state index contributed by atoms with van der Waals surface area (Å²) in [5.74, 6) is 0.659. The minimum atomic E-state index is -0.479. The maximum Gasteiger partial charge on any atom is 0.205 e. The zero-order valence-electron chi connectivity index (χ0n) is 15.3. The molecule has 6 heteroatoms. The van der Waals surface area contributed by atoms with Crippen LogP contribution in [0.2, 0.25) is 0 Å². The quantitative estimate of drug-likeness (QED) is 0.589. The van der Waals surface area contributed by atoms with Gasteiger partial charge in [0.05, 0.1) is 5.92 Å². The molecule has 0 saturated heterocycles. The molecule has 3 N–H and O–H groups in total. The van der Waals surface area contributed by atoms with Crippen molar-refractivity contribution in [1.29, 1.82) is 5.26 Å². The smallest absolute Gasteiger partial charge is 0.205 e. The van der Waals surface area contributed by atoms with E-state index in [4.69, 9.17) is 15.2 Å². The van der Waals surface area contributed by atoms with Gasteiger partial charge in [-0.05, 0) is 29.8 Å². The summed E-state index contributed by atoms with van der Waals surface area (Å²) in [6.45, 7) is 0.391. The van der Waals surface area contributed by atoms with Gasteiger partial charge >= 0.3 is 0 Å². The molecule has 0 amide bonds. The highest BCUT2D eigenvalue weighted by molar-refractivity contribution is 9.10. The van der Waals surface area contributed by atoms with Gasteiger partial charge in [0, 0.05) is 21.7 Å². The Balaban J connectivity index is 1.81. The Kier molecular flexibility index (Phi) is 5.15. The number of allylic oxidation sites excluding steroid dienone is 1. The summed E-state index contributed by atoms with van der Waals surface area (Å²) < 4.78 is 12.6. The largest absolute Gasteiger partial charge is 0.508 e. The van der Waals surface area contributed by atoms with E-state index in [9.17, 15) is 10.4 Å². The molecule has 0 aliphatic carbocycles. The molecule has 0 saturated carbocycles. The van der Waals surface area contributed by atoms with Crippen molar-refractivity contribution in [2.75, 3.05) is 0 Å². The lowest BCUT2D eigenvalue weighted by atomic mass is 9.83. The molecule has 1 aliphatic rings. The number of phenolic OH excluding ortho intramolecular Hbond substituents is 1. The average Bonchev–Trinajstić information content (AvgIpc) is 2.72. The molecule has 29 heavy (non-hydrogen) atoms. The molecule has 0 spiro atoms. The first-order chi connectivity index (χ1) is 14.1. The number of nitriles is 1. The molecule has 0 aromatic heterocycles. The van der Waals surface area contributed by atoms with Crippen molar-refractivity contribution in [1.82, 2.24) is 0 Å². The summed E-state index contributed by atoms with van der Waals surface area (Å²) in [7, 11) is 0. The molecule has 1 atom stereocenters. The number of rotatable bonds is 4. The fraction of sp³-hybridized carbons (Fsp3) is 0.0870. The van der Waals surface area contributed by atoms with E-state index in [1.165, 1.54) is 6.07 Å². The fourth-order valence-electron chi connectivity index (χ4n) is 3.38. The first-order valence-electron chi connectivity index (χ1n) is 8.93. The van der Waals surface area contributed by atoms with Crippen molar-refractivity contribution in [3.63, 3.8) is 0 Å². The van der Waals surface area contributed by atoms with Gasteiger partial charge < -0.3 is 20.3 Å². The van der Waals surface area contributed by atoms with Gasteiger partial charge in [-0.3, -0.25) is 0 Å². The molecular formula is C23H17BrN2O3. The monoisotopic (exact) mass is 448 g/mol. The predicted octanol–water partition coefficient (Wildman–Crippen LogP) is 4.95. The van der Waals surface area contributed by atoms with E-state index in [-0.39, 0.29) is 11.6 Å². The van der Waals surface area contributed by atoms with Gasteiger partial charge in [0.1, 0.15) is 35.5 Å².